The van der Waals surface area contributed by atoms with Crippen molar-refractivity contribution in [3.05, 3.63) is 11.3 Å². The molecule has 2 heterocycles. The molecule has 3 nitrogen and oxygen atoms in total. The third-order valence-electron chi connectivity index (χ3n) is 4.17. The van der Waals surface area contributed by atoms with Gasteiger partial charge in [0.05, 0.1) is 6.04 Å². The van der Waals surface area contributed by atoms with E-state index < -0.39 is 0 Å². The number of rotatable bonds is 2. The van der Waals surface area contributed by atoms with Crippen molar-refractivity contribution in [1.29, 1.82) is 0 Å². The van der Waals surface area contributed by atoms with Crippen molar-refractivity contribution in [2.45, 2.75) is 66.5 Å². The summed E-state index contributed by atoms with van der Waals surface area (Å²) < 4.78 is 0. The molecule has 2 N–H and O–H groups in total. The molecule has 1 fully saturated rings. The second-order valence-electron chi connectivity index (χ2n) is 7.30. The molecule has 2 rings (SSSR count). The minimum atomic E-state index is 0.172. The van der Waals surface area contributed by atoms with Crippen LogP contribution in [0.3, 0.4) is 0 Å². The lowest BCUT2D eigenvalue weighted by atomic mass is 9.77. The lowest BCUT2D eigenvalue weighted by Gasteiger charge is -2.40. The van der Waals surface area contributed by atoms with Gasteiger partial charge in [-0.25, -0.2) is 0 Å². The molecule has 1 saturated heterocycles. The van der Waals surface area contributed by atoms with Gasteiger partial charge in [-0.1, -0.05) is 41.5 Å². The topological polar surface area (TPSA) is 41.6 Å². The first-order valence-corrected chi connectivity index (χ1v) is 7.58. The maximum Gasteiger partial charge on any atom is 0.104 e. The van der Waals surface area contributed by atoms with Gasteiger partial charge in [0.1, 0.15) is 5.84 Å². The second-order valence-corrected chi connectivity index (χ2v) is 7.30. The van der Waals surface area contributed by atoms with Gasteiger partial charge < -0.3 is 10.6 Å². The standard InChI is InChI=1S/C16H29N3/c1-7-13-18-15(16(4,5)6)14(10(2)3)12-8-11(17)9-19(12)13/h10-11,15H,7-9,17H2,1-6H3/t11-,15+/m0/s1. The molecular formula is C16H29N3. The Hall–Kier alpha value is -0.830. The summed E-state index contributed by atoms with van der Waals surface area (Å²) in [6.07, 6.45) is 2.01. The second kappa shape index (κ2) is 4.93. The summed E-state index contributed by atoms with van der Waals surface area (Å²) in [5, 5.41) is 0. The summed E-state index contributed by atoms with van der Waals surface area (Å²) in [5.41, 5.74) is 9.35. The van der Waals surface area contributed by atoms with Crippen LogP contribution in [0.1, 0.15) is 54.4 Å². The van der Waals surface area contributed by atoms with Gasteiger partial charge in [0.2, 0.25) is 0 Å². The van der Waals surface area contributed by atoms with Gasteiger partial charge in [-0.05, 0) is 16.9 Å². The van der Waals surface area contributed by atoms with Crippen molar-refractivity contribution >= 4 is 5.84 Å². The smallest absolute Gasteiger partial charge is 0.104 e. The summed E-state index contributed by atoms with van der Waals surface area (Å²) in [6, 6.07) is 0.568. The van der Waals surface area contributed by atoms with E-state index in [1.807, 2.05) is 0 Å². The Morgan fingerprint density at radius 1 is 1.37 bits per heavy atom. The lowest BCUT2D eigenvalue weighted by molar-refractivity contribution is 0.321. The molecule has 3 heteroatoms. The Kier molecular flexibility index (Phi) is 3.78. The van der Waals surface area contributed by atoms with E-state index in [1.165, 1.54) is 17.1 Å². The van der Waals surface area contributed by atoms with Crippen molar-refractivity contribution in [2.75, 3.05) is 6.54 Å². The first-order chi connectivity index (χ1) is 8.75. The van der Waals surface area contributed by atoms with E-state index in [1.54, 1.807) is 0 Å². The highest BCUT2D eigenvalue weighted by molar-refractivity contribution is 5.86. The third kappa shape index (κ3) is 2.58. The molecule has 2 aliphatic rings. The van der Waals surface area contributed by atoms with Gasteiger partial charge in [-0.3, -0.25) is 4.99 Å². The normalized spacial score (nSPS) is 28.0. The maximum atomic E-state index is 6.20. The quantitative estimate of drug-likeness (QED) is 0.831. The van der Waals surface area contributed by atoms with E-state index >= 15 is 0 Å². The Morgan fingerprint density at radius 2 is 2.00 bits per heavy atom. The van der Waals surface area contributed by atoms with E-state index in [4.69, 9.17) is 10.7 Å². The van der Waals surface area contributed by atoms with E-state index in [2.05, 4.69) is 46.4 Å². The van der Waals surface area contributed by atoms with Crippen molar-refractivity contribution in [3.63, 3.8) is 0 Å². The van der Waals surface area contributed by atoms with Gasteiger partial charge in [0.15, 0.2) is 0 Å². The number of hydrogen-bond acceptors (Lipinski definition) is 3. The van der Waals surface area contributed by atoms with Crippen LogP contribution < -0.4 is 5.73 Å². The van der Waals surface area contributed by atoms with Crippen molar-refractivity contribution in [2.24, 2.45) is 22.1 Å². The highest BCUT2D eigenvalue weighted by atomic mass is 15.3. The summed E-state index contributed by atoms with van der Waals surface area (Å²) in [6.45, 7) is 14.6. The fourth-order valence-corrected chi connectivity index (χ4v) is 3.34. The molecule has 0 amide bonds. The van der Waals surface area contributed by atoms with Crippen LogP contribution >= 0.6 is 0 Å². The van der Waals surface area contributed by atoms with Gasteiger partial charge in [-0.2, -0.15) is 0 Å². The third-order valence-corrected chi connectivity index (χ3v) is 4.17. The van der Waals surface area contributed by atoms with E-state index in [0.717, 1.165) is 19.4 Å². The molecule has 0 spiro atoms. The molecule has 0 aliphatic carbocycles. The fourth-order valence-electron chi connectivity index (χ4n) is 3.34. The largest absolute Gasteiger partial charge is 0.332 e. The van der Waals surface area contributed by atoms with Crippen LogP contribution in [0.5, 0.6) is 0 Å². The Bertz CT molecular complexity index is 412. The van der Waals surface area contributed by atoms with Crippen LogP contribution in [0.4, 0.5) is 0 Å². The molecular weight excluding hydrogens is 234 g/mol. The molecule has 2 atom stereocenters. The first-order valence-electron chi connectivity index (χ1n) is 7.58. The zero-order valence-electron chi connectivity index (χ0n) is 13.3. The van der Waals surface area contributed by atoms with Crippen molar-refractivity contribution in [3.8, 4) is 0 Å². The van der Waals surface area contributed by atoms with E-state index in [0.29, 0.717) is 12.0 Å². The Morgan fingerprint density at radius 3 is 2.47 bits per heavy atom. The monoisotopic (exact) mass is 263 g/mol. The van der Waals surface area contributed by atoms with Gasteiger partial charge in [-0.15, -0.1) is 0 Å². The average Bonchev–Trinajstić information content (AvgIpc) is 2.65. The number of amidine groups is 1. The Labute approximate surface area is 118 Å². The van der Waals surface area contributed by atoms with Crippen molar-refractivity contribution in [1.82, 2.24) is 4.90 Å². The van der Waals surface area contributed by atoms with Gasteiger partial charge >= 0.3 is 0 Å². The number of hydrogen-bond donors (Lipinski definition) is 1. The number of aliphatic imine (C=N–C) groups is 1. The summed E-state index contributed by atoms with van der Waals surface area (Å²) >= 11 is 0. The van der Waals surface area contributed by atoms with Crippen LogP contribution in [0, 0.1) is 11.3 Å². The van der Waals surface area contributed by atoms with Crippen LogP contribution in [-0.4, -0.2) is 29.4 Å². The molecule has 0 aromatic carbocycles. The molecule has 108 valence electrons. The molecule has 0 unspecified atom stereocenters. The van der Waals surface area contributed by atoms with Crippen LogP contribution in [0.15, 0.2) is 16.3 Å². The maximum absolute atomic E-state index is 6.20. The molecule has 19 heavy (non-hydrogen) atoms. The lowest BCUT2D eigenvalue weighted by Crippen LogP contribution is -2.41. The molecule has 0 aromatic rings. The number of nitrogens with two attached hydrogens (primary N) is 1. The average molecular weight is 263 g/mol. The first kappa shape index (κ1) is 14.6. The molecule has 0 bridgehead atoms. The molecule has 0 aromatic heterocycles. The molecule has 0 saturated carbocycles. The predicted molar refractivity (Wildman–Crippen MR) is 82.1 cm³/mol. The number of nitrogens with zero attached hydrogens (tertiary/aromatic N) is 2. The Balaban J connectivity index is 2.52. The van der Waals surface area contributed by atoms with Crippen LogP contribution in [0.2, 0.25) is 0 Å². The number of fused-ring (bicyclic) bond motifs is 1. The summed E-state index contributed by atoms with van der Waals surface area (Å²) in [4.78, 5) is 7.47. The zero-order valence-corrected chi connectivity index (χ0v) is 13.3. The van der Waals surface area contributed by atoms with Crippen LogP contribution in [0.25, 0.3) is 0 Å². The van der Waals surface area contributed by atoms with E-state index in [9.17, 15) is 0 Å². The van der Waals surface area contributed by atoms with Gasteiger partial charge in [0.25, 0.3) is 0 Å². The minimum Gasteiger partial charge on any atom is -0.332 e. The summed E-state index contributed by atoms with van der Waals surface area (Å²) in [5.74, 6) is 1.77. The molecule has 2 aliphatic heterocycles. The fraction of sp³-hybridized carbons (Fsp3) is 0.812. The molecule has 0 radical (unpaired) electrons. The summed E-state index contributed by atoms with van der Waals surface area (Å²) in [7, 11) is 0. The predicted octanol–water partition coefficient (Wildman–Crippen LogP) is 3.17. The highest BCUT2D eigenvalue weighted by Gasteiger charge is 2.40. The highest BCUT2D eigenvalue weighted by Crippen LogP contribution is 2.41. The minimum absolute atomic E-state index is 0.172. The van der Waals surface area contributed by atoms with Crippen LogP contribution in [-0.2, 0) is 0 Å². The SMILES string of the molecule is CCC1=N[C@@H](C(C)(C)C)C(C(C)C)=C2C[C@H](N)CN12. The van der Waals surface area contributed by atoms with E-state index in [-0.39, 0.29) is 11.5 Å². The van der Waals surface area contributed by atoms with Gasteiger partial charge in [0, 0.05) is 31.1 Å². The van der Waals surface area contributed by atoms with Crippen molar-refractivity contribution < 1.29 is 0 Å². The zero-order chi connectivity index (χ0) is 14.4.